The van der Waals surface area contributed by atoms with Gasteiger partial charge in [-0.1, -0.05) is 12.1 Å². The van der Waals surface area contributed by atoms with Crippen molar-refractivity contribution in [3.05, 3.63) is 29.8 Å². The number of amides is 1. The predicted molar refractivity (Wildman–Crippen MR) is 70.7 cm³/mol. The van der Waals surface area contributed by atoms with Crippen molar-refractivity contribution in [1.29, 1.82) is 0 Å². The molecule has 1 amide bonds. The summed E-state index contributed by atoms with van der Waals surface area (Å²) in [5.74, 6) is 0.357. The van der Waals surface area contributed by atoms with Crippen LogP contribution in [-0.2, 0) is 0 Å². The summed E-state index contributed by atoms with van der Waals surface area (Å²) >= 11 is 0. The van der Waals surface area contributed by atoms with Crippen LogP contribution in [0.1, 0.15) is 23.2 Å². The van der Waals surface area contributed by atoms with E-state index >= 15 is 0 Å². The number of benzene rings is 1. The minimum Gasteiger partial charge on any atom is -0.507 e. The molecule has 0 bridgehead atoms. The molecule has 0 radical (unpaired) electrons. The van der Waals surface area contributed by atoms with E-state index in [2.05, 4.69) is 17.3 Å². The molecule has 1 atom stereocenters. The Bertz CT molecular complexity index is 420. The van der Waals surface area contributed by atoms with Crippen molar-refractivity contribution >= 4 is 5.91 Å². The average molecular weight is 248 g/mol. The SMILES string of the molecule is CN1CCCC(CNC(=O)c2ccccc2O)C1. The number of piperidine rings is 1. The molecule has 98 valence electrons. The highest BCUT2D eigenvalue weighted by atomic mass is 16.3. The van der Waals surface area contributed by atoms with E-state index in [-0.39, 0.29) is 11.7 Å². The normalized spacial score (nSPS) is 20.6. The Labute approximate surface area is 108 Å². The molecule has 0 aliphatic carbocycles. The van der Waals surface area contributed by atoms with E-state index in [4.69, 9.17) is 0 Å². The van der Waals surface area contributed by atoms with Crippen molar-refractivity contribution in [2.45, 2.75) is 12.8 Å². The summed E-state index contributed by atoms with van der Waals surface area (Å²) in [5.41, 5.74) is 0.349. The fourth-order valence-electron chi connectivity index (χ4n) is 2.44. The van der Waals surface area contributed by atoms with Crippen molar-refractivity contribution < 1.29 is 9.90 Å². The summed E-state index contributed by atoms with van der Waals surface area (Å²) in [7, 11) is 2.11. The van der Waals surface area contributed by atoms with Gasteiger partial charge in [-0.15, -0.1) is 0 Å². The van der Waals surface area contributed by atoms with E-state index < -0.39 is 0 Å². The lowest BCUT2D eigenvalue weighted by Crippen LogP contribution is -2.39. The molecule has 0 aromatic heterocycles. The summed E-state index contributed by atoms with van der Waals surface area (Å²) in [4.78, 5) is 14.2. The van der Waals surface area contributed by atoms with Gasteiger partial charge in [0.05, 0.1) is 5.56 Å². The van der Waals surface area contributed by atoms with Crippen LogP contribution in [-0.4, -0.2) is 42.6 Å². The van der Waals surface area contributed by atoms with Crippen LogP contribution in [0, 0.1) is 5.92 Å². The summed E-state index contributed by atoms with van der Waals surface area (Å²) in [6.07, 6.45) is 2.35. The predicted octanol–water partition coefficient (Wildman–Crippen LogP) is 1.46. The highest BCUT2D eigenvalue weighted by molar-refractivity contribution is 5.96. The van der Waals surface area contributed by atoms with Gasteiger partial charge in [0.2, 0.25) is 0 Å². The standard InChI is InChI=1S/C14H20N2O2/c1-16-8-4-5-11(10-16)9-15-14(18)12-6-2-3-7-13(12)17/h2-3,6-7,11,17H,4-5,8-10H2,1H3,(H,15,18). The first kappa shape index (κ1) is 12.9. The van der Waals surface area contributed by atoms with Crippen LogP contribution in [0.15, 0.2) is 24.3 Å². The zero-order chi connectivity index (χ0) is 13.0. The first-order chi connectivity index (χ1) is 8.66. The second-order valence-electron chi connectivity index (χ2n) is 5.00. The van der Waals surface area contributed by atoms with Gasteiger partial charge < -0.3 is 15.3 Å². The fourth-order valence-corrected chi connectivity index (χ4v) is 2.44. The molecule has 4 nitrogen and oxygen atoms in total. The Hall–Kier alpha value is -1.55. The minimum atomic E-state index is -0.193. The highest BCUT2D eigenvalue weighted by Crippen LogP contribution is 2.17. The van der Waals surface area contributed by atoms with E-state index in [1.165, 1.54) is 12.5 Å². The zero-order valence-electron chi connectivity index (χ0n) is 10.7. The van der Waals surface area contributed by atoms with E-state index in [0.717, 1.165) is 19.5 Å². The molecule has 18 heavy (non-hydrogen) atoms. The monoisotopic (exact) mass is 248 g/mol. The Balaban J connectivity index is 1.87. The minimum absolute atomic E-state index is 0.0377. The summed E-state index contributed by atoms with van der Waals surface area (Å²) in [6.45, 7) is 2.85. The van der Waals surface area contributed by atoms with E-state index in [1.54, 1.807) is 18.2 Å². The van der Waals surface area contributed by atoms with Crippen molar-refractivity contribution in [2.75, 3.05) is 26.7 Å². The molecule has 1 unspecified atom stereocenters. The van der Waals surface area contributed by atoms with Crippen molar-refractivity contribution in [1.82, 2.24) is 10.2 Å². The Kier molecular flexibility index (Phi) is 4.20. The average Bonchev–Trinajstić information content (AvgIpc) is 2.37. The molecular weight excluding hydrogens is 228 g/mol. The molecule has 1 heterocycles. The van der Waals surface area contributed by atoms with Crippen molar-refractivity contribution in [3.63, 3.8) is 0 Å². The maximum Gasteiger partial charge on any atom is 0.255 e. The van der Waals surface area contributed by atoms with Crippen LogP contribution >= 0.6 is 0 Å². The third-order valence-corrected chi connectivity index (χ3v) is 3.42. The molecule has 4 heteroatoms. The lowest BCUT2D eigenvalue weighted by molar-refractivity contribution is 0.0934. The molecule has 0 saturated carbocycles. The van der Waals surface area contributed by atoms with E-state index in [0.29, 0.717) is 18.0 Å². The highest BCUT2D eigenvalue weighted by Gasteiger charge is 2.18. The second-order valence-corrected chi connectivity index (χ2v) is 5.00. The van der Waals surface area contributed by atoms with Gasteiger partial charge in [-0.3, -0.25) is 4.79 Å². The molecule has 1 aromatic rings. The second kappa shape index (κ2) is 5.87. The number of hydrogen-bond donors (Lipinski definition) is 2. The van der Waals surface area contributed by atoms with Gasteiger partial charge in [-0.25, -0.2) is 0 Å². The summed E-state index contributed by atoms with van der Waals surface area (Å²) in [6, 6.07) is 6.63. The largest absolute Gasteiger partial charge is 0.507 e. The quantitative estimate of drug-likeness (QED) is 0.851. The number of phenols is 1. The van der Waals surface area contributed by atoms with Crippen molar-refractivity contribution in [2.24, 2.45) is 5.92 Å². The third kappa shape index (κ3) is 3.23. The molecule has 2 N–H and O–H groups in total. The molecule has 1 fully saturated rings. The van der Waals surface area contributed by atoms with Crippen LogP contribution in [0.4, 0.5) is 0 Å². The molecule has 1 aliphatic rings. The van der Waals surface area contributed by atoms with Crippen LogP contribution in [0.5, 0.6) is 5.75 Å². The first-order valence-electron chi connectivity index (χ1n) is 6.41. The number of hydrogen-bond acceptors (Lipinski definition) is 3. The number of likely N-dealkylation sites (tertiary alicyclic amines) is 1. The van der Waals surface area contributed by atoms with E-state index in [1.807, 2.05) is 0 Å². The lowest BCUT2D eigenvalue weighted by Gasteiger charge is -2.29. The van der Waals surface area contributed by atoms with Gasteiger partial charge in [0.15, 0.2) is 0 Å². The van der Waals surface area contributed by atoms with Crippen LogP contribution in [0.2, 0.25) is 0 Å². The van der Waals surface area contributed by atoms with E-state index in [9.17, 15) is 9.90 Å². The first-order valence-corrected chi connectivity index (χ1v) is 6.41. The molecule has 1 aliphatic heterocycles. The van der Waals surface area contributed by atoms with Crippen LogP contribution < -0.4 is 5.32 Å². The maximum atomic E-state index is 11.9. The number of aromatic hydroxyl groups is 1. The summed E-state index contributed by atoms with van der Waals surface area (Å²) < 4.78 is 0. The van der Waals surface area contributed by atoms with Gasteiger partial charge in [0.25, 0.3) is 5.91 Å². The number of para-hydroxylation sites is 1. The van der Waals surface area contributed by atoms with Crippen molar-refractivity contribution in [3.8, 4) is 5.75 Å². The van der Waals surface area contributed by atoms with Crippen LogP contribution in [0.25, 0.3) is 0 Å². The van der Waals surface area contributed by atoms with Gasteiger partial charge in [0.1, 0.15) is 5.75 Å². The van der Waals surface area contributed by atoms with Crippen LogP contribution in [0.3, 0.4) is 0 Å². The lowest BCUT2D eigenvalue weighted by atomic mass is 9.98. The Morgan fingerprint density at radius 2 is 2.28 bits per heavy atom. The molecule has 1 aromatic carbocycles. The number of rotatable bonds is 3. The Morgan fingerprint density at radius 1 is 1.50 bits per heavy atom. The molecule has 2 rings (SSSR count). The smallest absolute Gasteiger partial charge is 0.255 e. The number of carbonyl (C=O) groups excluding carboxylic acids is 1. The number of nitrogens with zero attached hydrogens (tertiary/aromatic N) is 1. The topological polar surface area (TPSA) is 52.6 Å². The third-order valence-electron chi connectivity index (χ3n) is 3.42. The number of carbonyl (C=O) groups is 1. The maximum absolute atomic E-state index is 11.9. The van der Waals surface area contributed by atoms with Gasteiger partial charge in [-0.2, -0.15) is 0 Å². The number of phenolic OH excluding ortho intramolecular Hbond substituents is 1. The van der Waals surface area contributed by atoms with Gasteiger partial charge in [-0.05, 0) is 44.5 Å². The van der Waals surface area contributed by atoms with Gasteiger partial charge >= 0.3 is 0 Å². The molecular formula is C14H20N2O2. The molecule has 1 saturated heterocycles. The number of nitrogens with one attached hydrogen (secondary N) is 1. The Morgan fingerprint density at radius 3 is 3.00 bits per heavy atom. The fraction of sp³-hybridized carbons (Fsp3) is 0.500. The summed E-state index contributed by atoms with van der Waals surface area (Å²) in [5, 5.41) is 12.5. The van der Waals surface area contributed by atoms with Gasteiger partial charge in [0, 0.05) is 13.1 Å². The zero-order valence-corrected chi connectivity index (χ0v) is 10.7. The molecule has 0 spiro atoms.